The number of aliphatic carboxylic acids is 1. The summed E-state index contributed by atoms with van der Waals surface area (Å²) in [4.78, 5) is 37.8. The van der Waals surface area contributed by atoms with E-state index in [-0.39, 0.29) is 0 Å². The number of carboxylic acid groups (broad SMARTS) is 1. The molecular formula is C17H26F3N2O7P. The van der Waals surface area contributed by atoms with Crippen molar-refractivity contribution in [2.75, 3.05) is 11.9 Å². The summed E-state index contributed by atoms with van der Waals surface area (Å²) < 4.78 is 46.5. The molecule has 0 aromatic heterocycles. The average Bonchev–Trinajstić information content (AvgIpc) is 2.63. The van der Waals surface area contributed by atoms with E-state index in [1.54, 1.807) is 12.1 Å². The Morgan fingerprint density at radius 1 is 1.17 bits per heavy atom. The molecule has 172 valence electrons. The summed E-state index contributed by atoms with van der Waals surface area (Å²) in [5.41, 5.74) is 7.30. The van der Waals surface area contributed by atoms with E-state index in [0.717, 1.165) is 12.8 Å². The Morgan fingerprint density at radius 3 is 2.13 bits per heavy atom. The minimum Gasteiger partial charge on any atom is -0.475 e. The first-order valence-corrected chi connectivity index (χ1v) is 10.4. The maximum Gasteiger partial charge on any atom is 0.490 e. The molecule has 0 aliphatic rings. The van der Waals surface area contributed by atoms with Gasteiger partial charge < -0.3 is 25.9 Å². The Hall–Kier alpha value is -1.98. The molecule has 0 heterocycles. The lowest BCUT2D eigenvalue weighted by molar-refractivity contribution is -0.192. The third-order valence-electron chi connectivity index (χ3n) is 3.54. The van der Waals surface area contributed by atoms with E-state index < -0.39 is 38.5 Å². The van der Waals surface area contributed by atoms with E-state index in [1.165, 1.54) is 24.8 Å². The first-order valence-electron chi connectivity index (χ1n) is 8.91. The van der Waals surface area contributed by atoms with Crippen molar-refractivity contribution in [2.24, 2.45) is 5.73 Å². The number of aryl methyl sites for hydroxylation is 1. The Kier molecular flexibility index (Phi) is 12.5. The van der Waals surface area contributed by atoms with Crippen molar-refractivity contribution in [3.05, 3.63) is 29.8 Å². The highest BCUT2D eigenvalue weighted by atomic mass is 31.2. The van der Waals surface area contributed by atoms with Crippen molar-refractivity contribution in [2.45, 2.75) is 51.2 Å². The van der Waals surface area contributed by atoms with Gasteiger partial charge in [0.15, 0.2) is 0 Å². The number of carbonyl (C=O) groups excluding carboxylic acids is 1. The second kappa shape index (κ2) is 13.3. The van der Waals surface area contributed by atoms with E-state index >= 15 is 0 Å². The fraction of sp³-hybridized carbons (Fsp3) is 0.529. The molecule has 9 nitrogen and oxygen atoms in total. The van der Waals surface area contributed by atoms with Crippen LogP contribution in [0.4, 0.5) is 18.9 Å². The Labute approximate surface area is 171 Å². The van der Waals surface area contributed by atoms with Crippen LogP contribution < -0.4 is 11.1 Å². The SMILES string of the molecule is CCCCCCc1ccc(NC(=O)[C@H](N)COP(=O)(O)O)cc1.O=C(O)C(F)(F)F. The van der Waals surface area contributed by atoms with Gasteiger partial charge in [-0.05, 0) is 30.5 Å². The zero-order valence-electron chi connectivity index (χ0n) is 16.3. The molecule has 1 aromatic carbocycles. The second-order valence-electron chi connectivity index (χ2n) is 6.19. The van der Waals surface area contributed by atoms with Gasteiger partial charge in [-0.25, -0.2) is 9.36 Å². The van der Waals surface area contributed by atoms with Gasteiger partial charge in [-0.2, -0.15) is 13.2 Å². The molecule has 0 aliphatic heterocycles. The van der Waals surface area contributed by atoms with E-state index in [9.17, 15) is 22.5 Å². The molecule has 0 fully saturated rings. The minimum atomic E-state index is -5.08. The number of amides is 1. The molecule has 0 spiro atoms. The number of unbranched alkanes of at least 4 members (excludes halogenated alkanes) is 3. The molecule has 6 N–H and O–H groups in total. The topological polar surface area (TPSA) is 159 Å². The first-order chi connectivity index (χ1) is 13.8. The summed E-state index contributed by atoms with van der Waals surface area (Å²) >= 11 is 0. The third-order valence-corrected chi connectivity index (χ3v) is 4.03. The van der Waals surface area contributed by atoms with Crippen LogP contribution in [0, 0.1) is 0 Å². The number of nitrogens with two attached hydrogens (primary N) is 1. The maximum absolute atomic E-state index is 11.8. The molecule has 1 rings (SSSR count). The fourth-order valence-electron chi connectivity index (χ4n) is 2.00. The van der Waals surface area contributed by atoms with Crippen LogP contribution in [-0.4, -0.2) is 45.6 Å². The van der Waals surface area contributed by atoms with Crippen LogP contribution >= 0.6 is 7.82 Å². The maximum atomic E-state index is 11.8. The van der Waals surface area contributed by atoms with Gasteiger partial charge in [-0.15, -0.1) is 0 Å². The van der Waals surface area contributed by atoms with Crippen LogP contribution in [0.5, 0.6) is 0 Å². The Bertz CT molecular complexity index is 708. The second-order valence-corrected chi connectivity index (χ2v) is 7.43. The fourth-order valence-corrected chi connectivity index (χ4v) is 2.35. The van der Waals surface area contributed by atoms with Gasteiger partial charge >= 0.3 is 20.0 Å². The normalized spacial score (nSPS) is 12.5. The smallest absolute Gasteiger partial charge is 0.475 e. The van der Waals surface area contributed by atoms with Crippen LogP contribution in [-0.2, 0) is 25.1 Å². The molecule has 0 radical (unpaired) electrons. The summed E-state index contributed by atoms with van der Waals surface area (Å²) in [5, 5.41) is 9.71. The van der Waals surface area contributed by atoms with E-state index in [0.29, 0.717) is 5.69 Å². The largest absolute Gasteiger partial charge is 0.490 e. The predicted octanol–water partition coefficient (Wildman–Crippen LogP) is 2.82. The summed E-state index contributed by atoms with van der Waals surface area (Å²) in [6, 6.07) is 6.29. The number of hydrogen-bond donors (Lipinski definition) is 5. The number of phosphoric acid groups is 1. The van der Waals surface area contributed by atoms with Gasteiger partial charge in [-0.3, -0.25) is 9.32 Å². The lowest BCUT2D eigenvalue weighted by atomic mass is 10.1. The van der Waals surface area contributed by atoms with E-state index in [2.05, 4.69) is 16.8 Å². The highest BCUT2D eigenvalue weighted by molar-refractivity contribution is 7.46. The van der Waals surface area contributed by atoms with Gasteiger partial charge in [0.05, 0.1) is 6.61 Å². The number of phosphoric ester groups is 1. The zero-order valence-corrected chi connectivity index (χ0v) is 17.2. The molecule has 1 amide bonds. The van der Waals surface area contributed by atoms with Crippen molar-refractivity contribution in [3.63, 3.8) is 0 Å². The monoisotopic (exact) mass is 458 g/mol. The molecule has 0 bridgehead atoms. The van der Waals surface area contributed by atoms with Crippen molar-refractivity contribution < 1.29 is 46.7 Å². The quantitative estimate of drug-likeness (QED) is 0.264. The van der Waals surface area contributed by atoms with Crippen molar-refractivity contribution in [3.8, 4) is 0 Å². The van der Waals surface area contributed by atoms with Crippen LogP contribution in [0.1, 0.15) is 38.2 Å². The molecule has 1 aromatic rings. The number of anilines is 1. The molecule has 1 atom stereocenters. The Balaban J connectivity index is 0.00000103. The average molecular weight is 458 g/mol. The van der Waals surface area contributed by atoms with E-state index in [1.807, 2.05) is 12.1 Å². The number of carboxylic acids is 1. The lowest BCUT2D eigenvalue weighted by Gasteiger charge is -2.13. The van der Waals surface area contributed by atoms with Crippen LogP contribution in [0.15, 0.2) is 24.3 Å². The summed E-state index contributed by atoms with van der Waals surface area (Å²) in [7, 11) is -4.62. The highest BCUT2D eigenvalue weighted by Crippen LogP contribution is 2.35. The van der Waals surface area contributed by atoms with E-state index in [4.69, 9.17) is 25.4 Å². The lowest BCUT2D eigenvalue weighted by Crippen LogP contribution is -2.39. The highest BCUT2D eigenvalue weighted by Gasteiger charge is 2.38. The standard InChI is InChI=1S/C15H25N2O5P.C2HF3O2/c1-2-3-4-5-6-12-7-9-13(10-8-12)17-15(18)14(16)11-22-23(19,20)21;3-2(4,5)1(6)7/h7-10,14H,2-6,11,16H2,1H3,(H,17,18)(H2,19,20,21);(H,6,7)/t14-;/m1./s1. The Morgan fingerprint density at radius 2 is 1.70 bits per heavy atom. The van der Waals surface area contributed by atoms with Crippen LogP contribution in [0.25, 0.3) is 0 Å². The summed E-state index contributed by atoms with van der Waals surface area (Å²) in [6.45, 7) is 1.62. The molecule has 0 saturated heterocycles. The zero-order chi connectivity index (χ0) is 23.4. The minimum absolute atomic E-state index is 0.550. The number of halogens is 3. The molecule has 13 heteroatoms. The predicted molar refractivity (Wildman–Crippen MR) is 103 cm³/mol. The first kappa shape index (κ1) is 28.0. The van der Waals surface area contributed by atoms with Crippen LogP contribution in [0.2, 0.25) is 0 Å². The number of hydrogen-bond acceptors (Lipinski definition) is 5. The molecule has 0 unspecified atom stereocenters. The number of nitrogens with one attached hydrogen (secondary N) is 1. The van der Waals surface area contributed by atoms with Gasteiger partial charge in [0.2, 0.25) is 5.91 Å². The third kappa shape index (κ3) is 14.1. The molecular weight excluding hydrogens is 432 g/mol. The number of carbonyl (C=O) groups is 2. The van der Waals surface area contributed by atoms with Crippen molar-refractivity contribution in [1.82, 2.24) is 0 Å². The molecule has 30 heavy (non-hydrogen) atoms. The molecule has 0 aliphatic carbocycles. The molecule has 0 saturated carbocycles. The van der Waals surface area contributed by atoms with Gasteiger partial charge in [-0.1, -0.05) is 38.3 Å². The summed E-state index contributed by atoms with van der Waals surface area (Å²) in [6.07, 6.45) is 0.719. The number of rotatable bonds is 10. The number of alkyl halides is 3. The van der Waals surface area contributed by atoms with Crippen molar-refractivity contribution >= 4 is 25.4 Å². The number of benzene rings is 1. The van der Waals surface area contributed by atoms with Gasteiger partial charge in [0, 0.05) is 5.69 Å². The van der Waals surface area contributed by atoms with Crippen LogP contribution in [0.3, 0.4) is 0 Å². The van der Waals surface area contributed by atoms with Gasteiger partial charge in [0.1, 0.15) is 6.04 Å². The van der Waals surface area contributed by atoms with Gasteiger partial charge in [0.25, 0.3) is 0 Å². The summed E-state index contributed by atoms with van der Waals surface area (Å²) in [5.74, 6) is -3.32. The van der Waals surface area contributed by atoms with Crippen molar-refractivity contribution in [1.29, 1.82) is 0 Å².